The van der Waals surface area contributed by atoms with Gasteiger partial charge in [-0.25, -0.2) is 0 Å². The zero-order valence-corrected chi connectivity index (χ0v) is 11.0. The molecule has 0 aliphatic rings. The Hall–Kier alpha value is -2.29. The molecule has 0 saturated heterocycles. The summed E-state index contributed by atoms with van der Waals surface area (Å²) in [6, 6.07) is 13.5. The Bertz CT molecular complexity index is 585. The summed E-state index contributed by atoms with van der Waals surface area (Å²) in [7, 11) is 1.63. The molecule has 0 unspecified atom stereocenters. The number of methoxy groups -OCH3 is 1. The highest BCUT2D eigenvalue weighted by molar-refractivity contribution is 5.74. The van der Waals surface area contributed by atoms with Gasteiger partial charge in [-0.1, -0.05) is 30.3 Å². The third-order valence-corrected chi connectivity index (χ3v) is 3.19. The number of hydrogen-bond donors (Lipinski definition) is 1. The summed E-state index contributed by atoms with van der Waals surface area (Å²) in [6.07, 6.45) is 0.0514. The second-order valence-electron chi connectivity index (χ2n) is 4.39. The summed E-state index contributed by atoms with van der Waals surface area (Å²) >= 11 is 0. The van der Waals surface area contributed by atoms with Crippen LogP contribution in [-0.2, 0) is 11.2 Å². The van der Waals surface area contributed by atoms with Crippen LogP contribution in [0.5, 0.6) is 5.75 Å². The lowest BCUT2D eigenvalue weighted by molar-refractivity contribution is -0.136. The highest BCUT2D eigenvalue weighted by Gasteiger charge is 2.09. The van der Waals surface area contributed by atoms with E-state index in [4.69, 9.17) is 9.84 Å². The van der Waals surface area contributed by atoms with Crippen LogP contribution in [0.2, 0.25) is 0 Å². The molecule has 0 aliphatic heterocycles. The average molecular weight is 256 g/mol. The van der Waals surface area contributed by atoms with Gasteiger partial charge in [-0.05, 0) is 41.3 Å². The monoisotopic (exact) mass is 256 g/mol. The van der Waals surface area contributed by atoms with Gasteiger partial charge in [0.2, 0.25) is 0 Å². The van der Waals surface area contributed by atoms with E-state index < -0.39 is 5.97 Å². The minimum atomic E-state index is -0.810. The number of benzene rings is 2. The van der Waals surface area contributed by atoms with Gasteiger partial charge in [0.15, 0.2) is 0 Å². The number of aliphatic carboxylic acids is 1. The second kappa shape index (κ2) is 5.57. The molecule has 0 bridgehead atoms. The molecule has 0 heterocycles. The van der Waals surface area contributed by atoms with Crippen LogP contribution < -0.4 is 4.74 Å². The zero-order chi connectivity index (χ0) is 13.8. The van der Waals surface area contributed by atoms with Crippen molar-refractivity contribution in [2.45, 2.75) is 13.3 Å². The van der Waals surface area contributed by atoms with Crippen molar-refractivity contribution < 1.29 is 14.6 Å². The van der Waals surface area contributed by atoms with E-state index in [2.05, 4.69) is 0 Å². The maximum Gasteiger partial charge on any atom is 0.307 e. The summed E-state index contributed by atoms with van der Waals surface area (Å²) in [5.74, 6) is -0.00178. The predicted octanol–water partition coefficient (Wildman–Crippen LogP) is 3.30. The SMILES string of the molecule is COc1ccc(-c2cccc(CC(=O)O)c2C)cc1. The van der Waals surface area contributed by atoms with Crippen LogP contribution >= 0.6 is 0 Å². The molecule has 2 aromatic carbocycles. The van der Waals surface area contributed by atoms with Crippen LogP contribution in [0, 0.1) is 6.92 Å². The van der Waals surface area contributed by atoms with E-state index in [1.165, 1.54) is 0 Å². The van der Waals surface area contributed by atoms with Gasteiger partial charge in [-0.3, -0.25) is 4.79 Å². The van der Waals surface area contributed by atoms with E-state index in [9.17, 15) is 4.79 Å². The van der Waals surface area contributed by atoms with Crippen molar-refractivity contribution in [3.8, 4) is 16.9 Å². The molecule has 1 N–H and O–H groups in total. The molecule has 0 spiro atoms. The molecule has 2 rings (SSSR count). The Kier molecular flexibility index (Phi) is 3.85. The standard InChI is InChI=1S/C16H16O3/c1-11-13(10-16(17)18)4-3-5-15(11)12-6-8-14(19-2)9-7-12/h3-9H,10H2,1-2H3,(H,17,18). The molecule has 3 nitrogen and oxygen atoms in total. The summed E-state index contributed by atoms with van der Waals surface area (Å²) < 4.78 is 5.13. The Labute approximate surface area is 112 Å². The molecule has 19 heavy (non-hydrogen) atoms. The highest BCUT2D eigenvalue weighted by atomic mass is 16.5. The zero-order valence-electron chi connectivity index (χ0n) is 11.0. The first-order chi connectivity index (χ1) is 9.11. The third-order valence-electron chi connectivity index (χ3n) is 3.19. The number of hydrogen-bond acceptors (Lipinski definition) is 2. The second-order valence-corrected chi connectivity index (χ2v) is 4.39. The molecule has 2 aromatic rings. The van der Waals surface area contributed by atoms with Crippen molar-refractivity contribution >= 4 is 5.97 Å². The molecule has 98 valence electrons. The number of carbonyl (C=O) groups is 1. The topological polar surface area (TPSA) is 46.5 Å². The lowest BCUT2D eigenvalue weighted by Crippen LogP contribution is -2.02. The van der Waals surface area contributed by atoms with Crippen molar-refractivity contribution in [3.05, 3.63) is 53.6 Å². The normalized spacial score (nSPS) is 10.2. The van der Waals surface area contributed by atoms with Gasteiger partial charge in [-0.15, -0.1) is 0 Å². The Morgan fingerprint density at radius 3 is 2.42 bits per heavy atom. The van der Waals surface area contributed by atoms with E-state index in [0.29, 0.717) is 0 Å². The molecule has 0 fully saturated rings. The van der Waals surface area contributed by atoms with E-state index in [-0.39, 0.29) is 6.42 Å². The Morgan fingerprint density at radius 2 is 1.84 bits per heavy atom. The van der Waals surface area contributed by atoms with Crippen molar-refractivity contribution in [3.63, 3.8) is 0 Å². The molecule has 0 saturated carbocycles. The summed E-state index contributed by atoms with van der Waals surface area (Å²) in [4.78, 5) is 10.8. The van der Waals surface area contributed by atoms with Crippen LogP contribution in [0.1, 0.15) is 11.1 Å². The third kappa shape index (κ3) is 2.94. The molecule has 0 aliphatic carbocycles. The Balaban J connectivity index is 2.41. The summed E-state index contributed by atoms with van der Waals surface area (Å²) in [5.41, 5.74) is 3.97. The lowest BCUT2D eigenvalue weighted by Gasteiger charge is -2.11. The minimum absolute atomic E-state index is 0.0514. The molecule has 3 heteroatoms. The van der Waals surface area contributed by atoms with E-state index >= 15 is 0 Å². The number of carboxylic acid groups (broad SMARTS) is 1. The maximum atomic E-state index is 10.8. The molecular formula is C16H16O3. The first-order valence-corrected chi connectivity index (χ1v) is 6.06. The van der Waals surface area contributed by atoms with Crippen molar-refractivity contribution in [1.82, 2.24) is 0 Å². The van der Waals surface area contributed by atoms with Gasteiger partial charge in [0.05, 0.1) is 13.5 Å². The van der Waals surface area contributed by atoms with Crippen LogP contribution in [0.15, 0.2) is 42.5 Å². The predicted molar refractivity (Wildman–Crippen MR) is 74.5 cm³/mol. The van der Waals surface area contributed by atoms with Gasteiger partial charge < -0.3 is 9.84 Å². The van der Waals surface area contributed by atoms with Crippen LogP contribution in [-0.4, -0.2) is 18.2 Å². The first kappa shape index (κ1) is 13.1. The fourth-order valence-electron chi connectivity index (χ4n) is 2.12. The molecule has 0 aromatic heterocycles. The smallest absolute Gasteiger partial charge is 0.307 e. The summed E-state index contributed by atoms with van der Waals surface area (Å²) in [5, 5.41) is 8.90. The van der Waals surface area contributed by atoms with E-state index in [1.54, 1.807) is 7.11 Å². The van der Waals surface area contributed by atoms with E-state index in [1.807, 2.05) is 49.4 Å². The number of rotatable bonds is 4. The first-order valence-electron chi connectivity index (χ1n) is 6.06. The van der Waals surface area contributed by atoms with Gasteiger partial charge >= 0.3 is 5.97 Å². The molecule has 0 radical (unpaired) electrons. The number of carboxylic acids is 1. The van der Waals surface area contributed by atoms with Gasteiger partial charge in [0.1, 0.15) is 5.75 Å². The quantitative estimate of drug-likeness (QED) is 0.913. The Morgan fingerprint density at radius 1 is 1.16 bits per heavy atom. The van der Waals surface area contributed by atoms with Crippen LogP contribution in [0.25, 0.3) is 11.1 Å². The fraction of sp³-hybridized carbons (Fsp3) is 0.188. The van der Waals surface area contributed by atoms with Crippen LogP contribution in [0.3, 0.4) is 0 Å². The average Bonchev–Trinajstić information content (AvgIpc) is 2.41. The van der Waals surface area contributed by atoms with Crippen molar-refractivity contribution in [2.75, 3.05) is 7.11 Å². The number of ether oxygens (including phenoxy) is 1. The van der Waals surface area contributed by atoms with E-state index in [0.717, 1.165) is 28.0 Å². The molecular weight excluding hydrogens is 240 g/mol. The van der Waals surface area contributed by atoms with Crippen molar-refractivity contribution in [1.29, 1.82) is 0 Å². The molecule has 0 amide bonds. The van der Waals surface area contributed by atoms with Gasteiger partial charge in [0.25, 0.3) is 0 Å². The van der Waals surface area contributed by atoms with Crippen molar-refractivity contribution in [2.24, 2.45) is 0 Å². The largest absolute Gasteiger partial charge is 0.497 e. The lowest BCUT2D eigenvalue weighted by atomic mass is 9.95. The van der Waals surface area contributed by atoms with Crippen LogP contribution in [0.4, 0.5) is 0 Å². The maximum absolute atomic E-state index is 10.8. The van der Waals surface area contributed by atoms with Gasteiger partial charge in [0, 0.05) is 0 Å². The molecule has 0 atom stereocenters. The fourth-order valence-corrected chi connectivity index (χ4v) is 2.12. The highest BCUT2D eigenvalue weighted by Crippen LogP contribution is 2.27. The summed E-state index contributed by atoms with van der Waals surface area (Å²) in [6.45, 7) is 1.96. The minimum Gasteiger partial charge on any atom is -0.497 e. The van der Waals surface area contributed by atoms with Gasteiger partial charge in [-0.2, -0.15) is 0 Å².